The van der Waals surface area contributed by atoms with Gasteiger partial charge in [-0.25, -0.2) is 0 Å². The van der Waals surface area contributed by atoms with Gasteiger partial charge in [0.1, 0.15) is 21.5 Å². The molecule has 0 aliphatic rings. The first-order valence-electron chi connectivity index (χ1n) is 5.64. The maximum atomic E-state index is 9.42. The molecule has 0 spiro atoms. The van der Waals surface area contributed by atoms with Crippen LogP contribution < -0.4 is 5.32 Å². The second kappa shape index (κ2) is 5.32. The normalized spacial score (nSPS) is 11.1. The van der Waals surface area contributed by atoms with Crippen molar-refractivity contribution in [2.45, 2.75) is 26.4 Å². The lowest BCUT2D eigenvalue weighted by Gasteiger charge is -2.03. The van der Waals surface area contributed by atoms with Crippen molar-refractivity contribution in [2.24, 2.45) is 0 Å². The van der Waals surface area contributed by atoms with E-state index < -0.39 is 0 Å². The van der Waals surface area contributed by atoms with Gasteiger partial charge in [-0.2, -0.15) is 0 Å². The molecule has 0 aliphatic carbocycles. The van der Waals surface area contributed by atoms with Crippen molar-refractivity contribution >= 4 is 11.3 Å². The van der Waals surface area contributed by atoms with E-state index in [0.717, 1.165) is 5.01 Å². The van der Waals surface area contributed by atoms with E-state index in [4.69, 9.17) is 0 Å². The summed E-state index contributed by atoms with van der Waals surface area (Å²) in [7, 11) is 0. The minimum atomic E-state index is 0.0158. The van der Waals surface area contributed by atoms with Crippen molar-refractivity contribution in [3.63, 3.8) is 0 Å². The van der Waals surface area contributed by atoms with Gasteiger partial charge in [-0.05, 0) is 12.1 Å². The molecule has 0 saturated carbocycles. The Kier molecular flexibility index (Phi) is 3.78. The lowest BCUT2D eigenvalue weighted by atomic mass is 10.2. The maximum absolute atomic E-state index is 9.42. The van der Waals surface area contributed by atoms with Crippen LogP contribution in [-0.4, -0.2) is 26.5 Å². The van der Waals surface area contributed by atoms with E-state index in [-0.39, 0.29) is 11.5 Å². The Bertz CT molecular complexity index is 520. The Morgan fingerprint density at radius 2 is 1.83 bits per heavy atom. The molecule has 96 valence electrons. The number of aromatic hydroxyl groups is 2. The Labute approximate surface area is 109 Å². The largest absolute Gasteiger partial charge is 0.508 e. The number of phenols is 2. The zero-order chi connectivity index (χ0) is 13.1. The zero-order valence-electron chi connectivity index (χ0n) is 10.2. The molecular weight excluding hydrogens is 250 g/mol. The van der Waals surface area contributed by atoms with Gasteiger partial charge in [0.2, 0.25) is 0 Å². The summed E-state index contributed by atoms with van der Waals surface area (Å²) >= 11 is 1.44. The quantitative estimate of drug-likeness (QED) is 0.789. The van der Waals surface area contributed by atoms with Crippen molar-refractivity contribution in [2.75, 3.05) is 0 Å². The zero-order valence-corrected chi connectivity index (χ0v) is 11.0. The van der Waals surface area contributed by atoms with Crippen LogP contribution in [-0.2, 0) is 6.54 Å². The molecule has 1 aromatic heterocycles. The number of rotatable bonds is 4. The second-order valence-electron chi connectivity index (χ2n) is 4.27. The highest BCUT2D eigenvalue weighted by molar-refractivity contribution is 7.14. The number of nitrogens with zero attached hydrogens (tertiary/aromatic N) is 2. The van der Waals surface area contributed by atoms with E-state index in [1.165, 1.54) is 17.4 Å². The van der Waals surface area contributed by atoms with E-state index >= 15 is 0 Å². The van der Waals surface area contributed by atoms with Gasteiger partial charge in [0.15, 0.2) is 0 Å². The third-order valence-electron chi connectivity index (χ3n) is 2.28. The molecule has 0 amide bonds. The van der Waals surface area contributed by atoms with Gasteiger partial charge in [-0.15, -0.1) is 10.2 Å². The van der Waals surface area contributed by atoms with Gasteiger partial charge in [0.05, 0.1) is 0 Å². The molecule has 6 heteroatoms. The molecule has 2 rings (SSSR count). The average Bonchev–Trinajstić information content (AvgIpc) is 2.73. The highest BCUT2D eigenvalue weighted by Crippen LogP contribution is 2.30. The summed E-state index contributed by atoms with van der Waals surface area (Å²) in [6, 6.07) is 4.79. The van der Waals surface area contributed by atoms with Crippen molar-refractivity contribution in [3.8, 4) is 22.1 Å². The highest BCUT2D eigenvalue weighted by Gasteiger charge is 2.09. The molecule has 5 nitrogen and oxygen atoms in total. The molecule has 0 unspecified atom stereocenters. The molecule has 0 aliphatic heterocycles. The van der Waals surface area contributed by atoms with Crippen LogP contribution in [0.15, 0.2) is 18.2 Å². The summed E-state index contributed by atoms with van der Waals surface area (Å²) in [6.07, 6.45) is 0. The lowest BCUT2D eigenvalue weighted by molar-refractivity contribution is 0.451. The average molecular weight is 265 g/mol. The first-order chi connectivity index (χ1) is 8.54. The van der Waals surface area contributed by atoms with Crippen LogP contribution in [0.2, 0.25) is 0 Å². The van der Waals surface area contributed by atoms with Crippen LogP contribution in [0.3, 0.4) is 0 Å². The van der Waals surface area contributed by atoms with Gasteiger partial charge in [0, 0.05) is 24.2 Å². The molecule has 0 saturated heterocycles. The molecule has 0 atom stereocenters. The monoisotopic (exact) mass is 265 g/mol. The SMILES string of the molecule is CC(C)NCc1nnc(-c2cc(O)cc(O)c2)s1. The first-order valence-corrected chi connectivity index (χ1v) is 6.45. The second-order valence-corrected chi connectivity index (χ2v) is 5.34. The smallest absolute Gasteiger partial charge is 0.148 e. The number of nitrogens with one attached hydrogen (secondary N) is 1. The fraction of sp³-hybridized carbons (Fsp3) is 0.333. The number of phenolic OH excluding ortho intramolecular Hbond substituents is 2. The standard InChI is InChI=1S/C12H15N3O2S/c1-7(2)13-6-11-14-15-12(18-11)8-3-9(16)5-10(17)4-8/h3-5,7,13,16-17H,6H2,1-2H3. The fourth-order valence-electron chi connectivity index (χ4n) is 1.45. The van der Waals surface area contributed by atoms with Crippen molar-refractivity contribution in [3.05, 3.63) is 23.2 Å². The molecule has 1 heterocycles. The van der Waals surface area contributed by atoms with Gasteiger partial charge in [-0.3, -0.25) is 0 Å². The maximum Gasteiger partial charge on any atom is 0.148 e. The summed E-state index contributed by atoms with van der Waals surface area (Å²) in [5.74, 6) is 0.0316. The molecule has 0 bridgehead atoms. The molecule has 1 aromatic carbocycles. The van der Waals surface area contributed by atoms with E-state index in [2.05, 4.69) is 29.4 Å². The minimum absolute atomic E-state index is 0.0158. The van der Waals surface area contributed by atoms with Crippen molar-refractivity contribution in [1.82, 2.24) is 15.5 Å². The molecular formula is C12H15N3O2S. The topological polar surface area (TPSA) is 78.3 Å². The predicted molar refractivity (Wildman–Crippen MR) is 70.7 cm³/mol. The fourth-order valence-corrected chi connectivity index (χ4v) is 2.23. The van der Waals surface area contributed by atoms with Crippen molar-refractivity contribution < 1.29 is 10.2 Å². The number of hydrogen-bond acceptors (Lipinski definition) is 6. The number of aromatic nitrogens is 2. The van der Waals surface area contributed by atoms with Crippen molar-refractivity contribution in [1.29, 1.82) is 0 Å². The molecule has 0 radical (unpaired) electrons. The first kappa shape index (κ1) is 12.8. The predicted octanol–water partition coefficient (Wildman–Crippen LogP) is 2.11. The Balaban J connectivity index is 2.18. The van der Waals surface area contributed by atoms with E-state index in [9.17, 15) is 10.2 Å². The van der Waals surface area contributed by atoms with Gasteiger partial charge in [0.25, 0.3) is 0 Å². The minimum Gasteiger partial charge on any atom is -0.508 e. The third kappa shape index (κ3) is 3.18. The van der Waals surface area contributed by atoms with Crippen LogP contribution in [0.25, 0.3) is 10.6 Å². The Morgan fingerprint density at radius 3 is 2.44 bits per heavy atom. The molecule has 2 aromatic rings. The summed E-state index contributed by atoms with van der Waals surface area (Å²) in [5, 5.41) is 31.8. The highest BCUT2D eigenvalue weighted by atomic mass is 32.1. The van der Waals surface area contributed by atoms with E-state index in [0.29, 0.717) is 23.2 Å². The van der Waals surface area contributed by atoms with E-state index in [1.54, 1.807) is 12.1 Å². The number of benzene rings is 1. The van der Waals surface area contributed by atoms with Gasteiger partial charge in [-0.1, -0.05) is 25.2 Å². The molecule has 18 heavy (non-hydrogen) atoms. The van der Waals surface area contributed by atoms with E-state index in [1.807, 2.05) is 0 Å². The van der Waals surface area contributed by atoms with Crippen LogP contribution in [0.5, 0.6) is 11.5 Å². The lowest BCUT2D eigenvalue weighted by Crippen LogP contribution is -2.21. The molecule has 0 fully saturated rings. The summed E-state index contributed by atoms with van der Waals surface area (Å²) in [4.78, 5) is 0. The van der Waals surface area contributed by atoms with Gasteiger partial charge < -0.3 is 15.5 Å². The Hall–Kier alpha value is -1.66. The Morgan fingerprint density at radius 1 is 1.17 bits per heavy atom. The van der Waals surface area contributed by atoms with Crippen LogP contribution in [0, 0.1) is 0 Å². The van der Waals surface area contributed by atoms with Crippen LogP contribution >= 0.6 is 11.3 Å². The van der Waals surface area contributed by atoms with Crippen LogP contribution in [0.1, 0.15) is 18.9 Å². The summed E-state index contributed by atoms with van der Waals surface area (Å²) < 4.78 is 0. The number of hydrogen-bond donors (Lipinski definition) is 3. The molecule has 3 N–H and O–H groups in total. The third-order valence-corrected chi connectivity index (χ3v) is 3.25. The van der Waals surface area contributed by atoms with Gasteiger partial charge >= 0.3 is 0 Å². The summed E-state index contributed by atoms with van der Waals surface area (Å²) in [5.41, 5.74) is 0.667. The summed E-state index contributed by atoms with van der Waals surface area (Å²) in [6.45, 7) is 4.80. The van der Waals surface area contributed by atoms with Crippen LogP contribution in [0.4, 0.5) is 0 Å².